The van der Waals surface area contributed by atoms with Crippen LogP contribution in [0.5, 0.6) is 5.75 Å². The van der Waals surface area contributed by atoms with Crippen molar-refractivity contribution < 1.29 is 14.5 Å². The van der Waals surface area contributed by atoms with Crippen LogP contribution in [0.1, 0.15) is 5.56 Å². The van der Waals surface area contributed by atoms with Gasteiger partial charge in [-0.2, -0.15) is 0 Å². The third kappa shape index (κ3) is 4.00. The van der Waals surface area contributed by atoms with Crippen LogP contribution >= 0.6 is 0 Å². The number of aromatic nitrogens is 1. The summed E-state index contributed by atoms with van der Waals surface area (Å²) in [7, 11) is 0. The number of aryl methyl sites for hydroxylation is 1. The van der Waals surface area contributed by atoms with Gasteiger partial charge in [0.25, 0.3) is 5.91 Å². The second-order valence-electron chi connectivity index (χ2n) is 4.29. The van der Waals surface area contributed by atoms with Gasteiger partial charge in [-0.1, -0.05) is 12.1 Å². The van der Waals surface area contributed by atoms with E-state index in [1.807, 2.05) is 25.1 Å². The van der Waals surface area contributed by atoms with Crippen molar-refractivity contribution >= 4 is 17.4 Å². The van der Waals surface area contributed by atoms with Crippen molar-refractivity contribution in [3.63, 3.8) is 0 Å². The van der Waals surface area contributed by atoms with Crippen LogP contribution in [0.25, 0.3) is 0 Å². The van der Waals surface area contributed by atoms with Gasteiger partial charge in [0, 0.05) is 5.69 Å². The van der Waals surface area contributed by atoms with Crippen molar-refractivity contribution in [3.05, 3.63) is 58.3 Å². The number of hydrogen-bond acceptors (Lipinski definition) is 5. The number of ether oxygens (including phenoxy) is 1. The Bertz CT molecular complexity index is 673. The number of nitro groups is 1. The number of benzene rings is 1. The highest BCUT2D eigenvalue weighted by molar-refractivity contribution is 5.91. The molecular weight excluding hydrogens is 274 g/mol. The molecule has 0 atom stereocenters. The molecule has 7 heteroatoms. The van der Waals surface area contributed by atoms with Gasteiger partial charge in [-0.3, -0.25) is 4.79 Å². The molecule has 2 aromatic rings. The van der Waals surface area contributed by atoms with Crippen LogP contribution in [-0.4, -0.2) is 22.4 Å². The fraction of sp³-hybridized carbons (Fsp3) is 0.143. The highest BCUT2D eigenvalue weighted by Gasteiger charge is 2.16. The number of hydrogen-bond donors (Lipinski definition) is 1. The SMILES string of the molecule is Cc1cccc(NC(=O)COc2cccnc2[N+](=O)[O-])c1. The molecule has 1 aromatic carbocycles. The fourth-order valence-electron chi connectivity index (χ4n) is 1.70. The minimum atomic E-state index is -0.659. The minimum absolute atomic E-state index is 0.0399. The predicted octanol–water partition coefficient (Wildman–Crippen LogP) is 2.32. The number of carbonyl (C=O) groups excluding carboxylic acids is 1. The molecule has 0 radical (unpaired) electrons. The molecule has 2 rings (SSSR count). The zero-order valence-corrected chi connectivity index (χ0v) is 11.3. The van der Waals surface area contributed by atoms with E-state index in [9.17, 15) is 14.9 Å². The number of nitrogens with one attached hydrogen (secondary N) is 1. The normalized spacial score (nSPS) is 9.95. The highest BCUT2D eigenvalue weighted by atomic mass is 16.6. The Balaban J connectivity index is 1.97. The number of nitrogens with zero attached hydrogens (tertiary/aromatic N) is 2. The summed E-state index contributed by atoms with van der Waals surface area (Å²) in [6, 6.07) is 10.2. The van der Waals surface area contributed by atoms with Gasteiger partial charge in [0.2, 0.25) is 5.75 Å². The van der Waals surface area contributed by atoms with E-state index in [2.05, 4.69) is 10.3 Å². The Kier molecular flexibility index (Phi) is 4.45. The summed E-state index contributed by atoms with van der Waals surface area (Å²) in [6.07, 6.45) is 1.29. The van der Waals surface area contributed by atoms with E-state index < -0.39 is 16.6 Å². The van der Waals surface area contributed by atoms with Gasteiger partial charge in [0.05, 0.1) is 0 Å². The minimum Gasteiger partial charge on any atom is -0.476 e. The second kappa shape index (κ2) is 6.47. The van der Waals surface area contributed by atoms with Gasteiger partial charge in [-0.05, 0) is 46.7 Å². The van der Waals surface area contributed by atoms with Crippen molar-refractivity contribution in [1.29, 1.82) is 0 Å². The Morgan fingerprint density at radius 3 is 2.90 bits per heavy atom. The molecule has 0 aliphatic heterocycles. The largest absolute Gasteiger partial charge is 0.476 e. The maximum atomic E-state index is 11.8. The Hall–Kier alpha value is -2.96. The van der Waals surface area contributed by atoms with Gasteiger partial charge in [-0.25, -0.2) is 0 Å². The van der Waals surface area contributed by atoms with Crippen molar-refractivity contribution in [2.24, 2.45) is 0 Å². The van der Waals surface area contributed by atoms with E-state index in [1.54, 1.807) is 6.07 Å². The lowest BCUT2D eigenvalue weighted by Crippen LogP contribution is -2.20. The highest BCUT2D eigenvalue weighted by Crippen LogP contribution is 2.22. The van der Waals surface area contributed by atoms with Gasteiger partial charge in [0.1, 0.15) is 6.20 Å². The van der Waals surface area contributed by atoms with Crippen molar-refractivity contribution in [2.75, 3.05) is 11.9 Å². The molecule has 1 amide bonds. The lowest BCUT2D eigenvalue weighted by Gasteiger charge is -2.07. The molecule has 0 aliphatic carbocycles. The first kappa shape index (κ1) is 14.4. The first-order chi connectivity index (χ1) is 10.1. The lowest BCUT2D eigenvalue weighted by atomic mass is 10.2. The summed E-state index contributed by atoms with van der Waals surface area (Å²) < 4.78 is 5.15. The Morgan fingerprint density at radius 1 is 1.38 bits per heavy atom. The van der Waals surface area contributed by atoms with Crippen LogP contribution in [-0.2, 0) is 4.79 Å². The van der Waals surface area contributed by atoms with E-state index in [4.69, 9.17) is 4.74 Å². The molecule has 0 aliphatic rings. The van der Waals surface area contributed by atoms with Crippen LogP contribution in [0.3, 0.4) is 0 Å². The summed E-state index contributed by atoms with van der Waals surface area (Å²) in [4.78, 5) is 25.4. The molecule has 1 N–H and O–H groups in total. The number of pyridine rings is 1. The second-order valence-corrected chi connectivity index (χ2v) is 4.29. The quantitative estimate of drug-likeness (QED) is 0.672. The molecule has 0 spiro atoms. The van der Waals surface area contributed by atoms with Gasteiger partial charge >= 0.3 is 5.82 Å². The van der Waals surface area contributed by atoms with Crippen LogP contribution in [0.15, 0.2) is 42.6 Å². The molecule has 21 heavy (non-hydrogen) atoms. The van der Waals surface area contributed by atoms with Gasteiger partial charge in [-0.15, -0.1) is 0 Å². The first-order valence-corrected chi connectivity index (χ1v) is 6.15. The summed E-state index contributed by atoms with van der Waals surface area (Å²) in [5.74, 6) is -0.860. The molecular formula is C14H13N3O4. The number of anilines is 1. The zero-order chi connectivity index (χ0) is 15.2. The summed E-state index contributed by atoms with van der Waals surface area (Å²) >= 11 is 0. The van der Waals surface area contributed by atoms with Crippen LogP contribution in [0, 0.1) is 17.0 Å². The monoisotopic (exact) mass is 287 g/mol. The maximum absolute atomic E-state index is 11.8. The van der Waals surface area contributed by atoms with Crippen LogP contribution in [0.2, 0.25) is 0 Å². The molecule has 0 fully saturated rings. The van der Waals surface area contributed by atoms with E-state index >= 15 is 0 Å². The Morgan fingerprint density at radius 2 is 2.19 bits per heavy atom. The number of rotatable bonds is 5. The predicted molar refractivity (Wildman–Crippen MR) is 76.2 cm³/mol. The number of carbonyl (C=O) groups is 1. The molecule has 0 bridgehead atoms. The van der Waals surface area contributed by atoms with E-state index in [-0.39, 0.29) is 12.4 Å². The molecule has 0 saturated heterocycles. The van der Waals surface area contributed by atoms with Crippen LogP contribution in [0.4, 0.5) is 11.5 Å². The van der Waals surface area contributed by atoms with E-state index in [1.165, 1.54) is 18.3 Å². The van der Waals surface area contributed by atoms with Crippen LogP contribution < -0.4 is 10.1 Å². The smallest absolute Gasteiger partial charge is 0.406 e. The summed E-state index contributed by atoms with van der Waals surface area (Å²) in [5, 5.41) is 13.4. The standard InChI is InChI=1S/C14H13N3O4/c1-10-4-2-5-11(8-10)16-13(18)9-21-12-6-3-7-15-14(12)17(19)20/h2-8H,9H2,1H3,(H,16,18). The van der Waals surface area contributed by atoms with Gasteiger partial charge < -0.3 is 20.2 Å². The first-order valence-electron chi connectivity index (χ1n) is 6.15. The van der Waals surface area contributed by atoms with Gasteiger partial charge in [0.15, 0.2) is 6.61 Å². The lowest BCUT2D eigenvalue weighted by molar-refractivity contribution is -0.390. The molecule has 108 valence electrons. The molecule has 0 saturated carbocycles. The third-order valence-electron chi connectivity index (χ3n) is 2.58. The fourth-order valence-corrected chi connectivity index (χ4v) is 1.70. The maximum Gasteiger partial charge on any atom is 0.406 e. The van der Waals surface area contributed by atoms with Crippen molar-refractivity contribution in [1.82, 2.24) is 4.98 Å². The third-order valence-corrected chi connectivity index (χ3v) is 2.58. The molecule has 0 unspecified atom stereocenters. The molecule has 1 heterocycles. The average Bonchev–Trinajstić information content (AvgIpc) is 2.45. The number of amides is 1. The molecule has 7 nitrogen and oxygen atoms in total. The average molecular weight is 287 g/mol. The summed E-state index contributed by atoms with van der Waals surface area (Å²) in [5.41, 5.74) is 1.65. The Labute approximate surface area is 120 Å². The van der Waals surface area contributed by atoms with E-state index in [0.717, 1.165) is 5.56 Å². The van der Waals surface area contributed by atoms with E-state index in [0.29, 0.717) is 5.69 Å². The van der Waals surface area contributed by atoms with Crippen molar-refractivity contribution in [3.8, 4) is 5.75 Å². The summed E-state index contributed by atoms with van der Waals surface area (Å²) in [6.45, 7) is 1.58. The van der Waals surface area contributed by atoms with Crippen molar-refractivity contribution in [2.45, 2.75) is 6.92 Å². The zero-order valence-electron chi connectivity index (χ0n) is 11.3. The molecule has 1 aromatic heterocycles. The topological polar surface area (TPSA) is 94.4 Å².